The number of aromatic nitrogens is 4. The van der Waals surface area contributed by atoms with Crippen LogP contribution < -0.4 is 27.6 Å². The number of carbonyl (C=O) groups is 1. The highest BCUT2D eigenvalue weighted by Gasteiger charge is 2.39. The Bertz CT molecular complexity index is 2040. The van der Waals surface area contributed by atoms with E-state index in [-0.39, 0.29) is 31.4 Å². The van der Waals surface area contributed by atoms with Gasteiger partial charge in [-0.25, -0.2) is 19.2 Å². The fraction of sp³-hybridized carbons (Fsp3) is 0.500. The molecule has 1 unspecified atom stereocenters. The molecule has 0 bridgehead atoms. The zero-order valence-corrected chi connectivity index (χ0v) is 29.1. The first kappa shape index (κ1) is 40.1. The lowest BCUT2D eigenvalue weighted by atomic mass is 10.1. The Morgan fingerprint density at radius 3 is 2.12 bits per heavy atom. The molecule has 1 aromatic carbocycles. The molecule has 0 aliphatic carbocycles. The Balaban J connectivity index is 0.000000296. The molecule has 2 saturated heterocycles. The van der Waals surface area contributed by atoms with Gasteiger partial charge in [-0.15, -0.1) is 0 Å². The van der Waals surface area contributed by atoms with Crippen LogP contribution in [0.25, 0.3) is 10.4 Å². The van der Waals surface area contributed by atoms with Crippen LogP contribution in [0, 0.1) is 13.8 Å². The second-order valence-corrected chi connectivity index (χ2v) is 13.5. The third kappa shape index (κ3) is 10.2. The van der Waals surface area contributed by atoms with E-state index in [1.165, 1.54) is 23.9 Å². The van der Waals surface area contributed by atoms with Crippen LogP contribution in [0.3, 0.4) is 0 Å². The largest absolute Gasteiger partial charge is 0.468 e. The van der Waals surface area contributed by atoms with Crippen molar-refractivity contribution in [2.24, 2.45) is 5.11 Å². The number of nitrogens with one attached hydrogen (secondary N) is 3. The molecule has 2 aliphatic heterocycles. The van der Waals surface area contributed by atoms with Crippen molar-refractivity contribution in [2.45, 2.75) is 76.0 Å². The molecule has 0 spiro atoms. The van der Waals surface area contributed by atoms with Crippen LogP contribution in [0.15, 0.2) is 67.0 Å². The highest BCUT2D eigenvalue weighted by molar-refractivity contribution is 7.50. The zero-order valence-electron chi connectivity index (χ0n) is 28.2. The van der Waals surface area contributed by atoms with Crippen LogP contribution in [0.2, 0.25) is 0 Å². The second-order valence-electron chi connectivity index (χ2n) is 11.9. The SMILES string of the molecule is COC(=O)[C@H](Cc1ccccc1)NP(=O)(O)OC[C@H]1O[C@@H](n2cc(C)c(=O)[nH]c2=O)C[C@@H]1N=[N+]=[N-].Cc1cn([C@H]2C[C@H](O)[C@@H](CO)O2)c(=O)[nH]c1=O. The quantitative estimate of drug-likeness (QED) is 0.0459. The van der Waals surface area contributed by atoms with Crippen LogP contribution in [0.1, 0.15) is 42.0 Å². The van der Waals surface area contributed by atoms with Crippen LogP contribution in [0.5, 0.6) is 0 Å². The van der Waals surface area contributed by atoms with Gasteiger partial charge >= 0.3 is 25.1 Å². The van der Waals surface area contributed by atoms with E-state index in [1.54, 1.807) is 37.3 Å². The molecule has 0 saturated carbocycles. The molecule has 2 aliphatic rings. The van der Waals surface area contributed by atoms with Crippen LogP contribution >= 0.6 is 7.75 Å². The van der Waals surface area contributed by atoms with Gasteiger partial charge in [-0.05, 0) is 31.4 Å². The van der Waals surface area contributed by atoms with E-state index in [4.69, 9.17) is 29.4 Å². The lowest BCUT2D eigenvalue weighted by Gasteiger charge is -2.22. The molecule has 21 nitrogen and oxygen atoms in total. The number of esters is 1. The fourth-order valence-corrected chi connectivity index (χ4v) is 6.47. The monoisotopic (exact) mass is 750 g/mol. The Morgan fingerprint density at radius 1 is 1.04 bits per heavy atom. The summed E-state index contributed by atoms with van der Waals surface area (Å²) < 4.78 is 36.0. The first-order valence-electron chi connectivity index (χ1n) is 15.8. The minimum Gasteiger partial charge on any atom is -0.468 e. The second kappa shape index (κ2) is 17.7. The maximum Gasteiger partial charge on any atom is 0.403 e. The molecule has 6 N–H and O–H groups in total. The number of rotatable bonds is 12. The number of methoxy groups -OCH3 is 1. The van der Waals surface area contributed by atoms with Gasteiger partial charge in [-0.2, -0.15) is 0 Å². The van der Waals surface area contributed by atoms with E-state index in [9.17, 15) is 38.5 Å². The van der Waals surface area contributed by atoms with Gasteiger partial charge in [-0.3, -0.25) is 38.0 Å². The summed E-state index contributed by atoms with van der Waals surface area (Å²) in [6, 6.07) is 6.81. The number of azide groups is 1. The van der Waals surface area contributed by atoms with Gasteiger partial charge in [0.05, 0.1) is 38.6 Å². The van der Waals surface area contributed by atoms with Crippen LogP contribution in [-0.4, -0.2) is 90.9 Å². The third-order valence-corrected chi connectivity index (χ3v) is 9.34. The van der Waals surface area contributed by atoms with Crippen molar-refractivity contribution in [3.63, 3.8) is 0 Å². The van der Waals surface area contributed by atoms with E-state index in [0.29, 0.717) is 5.56 Å². The highest BCUT2D eigenvalue weighted by atomic mass is 31.2. The predicted octanol–water partition coefficient (Wildman–Crippen LogP) is -0.212. The molecule has 2 fully saturated rings. The van der Waals surface area contributed by atoms with Crippen molar-refractivity contribution in [3.05, 3.63) is 112 Å². The first-order valence-corrected chi connectivity index (χ1v) is 17.4. The summed E-state index contributed by atoms with van der Waals surface area (Å²) in [4.78, 5) is 76.2. The van der Waals surface area contributed by atoms with Crippen molar-refractivity contribution in [3.8, 4) is 0 Å². The molecule has 52 heavy (non-hydrogen) atoms. The maximum absolute atomic E-state index is 12.7. The molecule has 8 atom stereocenters. The third-order valence-electron chi connectivity index (χ3n) is 8.20. The van der Waals surface area contributed by atoms with E-state index >= 15 is 0 Å². The fourth-order valence-electron chi connectivity index (χ4n) is 5.46. The van der Waals surface area contributed by atoms with Crippen molar-refractivity contribution >= 4 is 13.7 Å². The molecular weight excluding hydrogens is 711 g/mol. The standard InChI is InChI=1S/C20H25N6O8P.C10H14N2O5/c1-12-10-26(20(29)22-18(12)27)17-9-14(23-25-21)16(34-17)11-33-35(30,31)24-15(19(28)32-2)8-13-6-4-3-5-7-13;1-5-3-12(10(16)11-9(5)15)8-2-6(14)7(4-13)17-8/h3-7,10,14-17H,8-9,11H2,1-2H3,(H,22,27,29)(H2,24,30,31);3,6-8,13-14H,2,4H2,1H3,(H,11,15,16)/t14-,15-,16+,17+;6-,7+,8+/m00/s1. The van der Waals surface area contributed by atoms with Gasteiger partial charge < -0.3 is 29.3 Å². The summed E-state index contributed by atoms with van der Waals surface area (Å²) in [6.45, 7) is 2.28. The predicted molar refractivity (Wildman–Crippen MR) is 180 cm³/mol. The van der Waals surface area contributed by atoms with Gasteiger partial charge in [0.1, 0.15) is 24.6 Å². The van der Waals surface area contributed by atoms with E-state index < -0.39 is 85.7 Å². The number of aryl methyl sites for hydroxylation is 2. The minimum absolute atomic E-state index is 0.0609. The number of H-pyrrole nitrogens is 2. The summed E-state index contributed by atoms with van der Waals surface area (Å²) in [7, 11) is -3.39. The normalized spacial score (nSPS) is 24.2. The molecule has 2 aromatic heterocycles. The molecule has 3 aromatic rings. The average Bonchev–Trinajstić information content (AvgIpc) is 3.69. The molecule has 4 heterocycles. The van der Waals surface area contributed by atoms with Gasteiger partial charge in [0.2, 0.25) is 0 Å². The van der Waals surface area contributed by atoms with Crippen molar-refractivity contribution in [2.75, 3.05) is 20.3 Å². The van der Waals surface area contributed by atoms with E-state index in [0.717, 1.165) is 17.2 Å². The number of aromatic amines is 2. The molecule has 5 rings (SSSR count). The van der Waals surface area contributed by atoms with Crippen molar-refractivity contribution in [1.82, 2.24) is 24.2 Å². The minimum atomic E-state index is -4.55. The first-order chi connectivity index (χ1) is 24.7. The zero-order chi connectivity index (χ0) is 38.2. The molecular formula is C30H39N8O13P. The topological polar surface area (TPSA) is 302 Å². The number of ether oxygens (including phenoxy) is 3. The average molecular weight is 751 g/mol. The van der Waals surface area contributed by atoms with Crippen LogP contribution in [-0.2, 0) is 34.5 Å². The number of hydrogen-bond donors (Lipinski definition) is 6. The number of aliphatic hydroxyl groups excluding tert-OH is 2. The van der Waals surface area contributed by atoms with Crippen LogP contribution in [0.4, 0.5) is 0 Å². The summed E-state index contributed by atoms with van der Waals surface area (Å²) in [5, 5.41) is 24.4. The Morgan fingerprint density at radius 2 is 1.60 bits per heavy atom. The number of nitrogens with zero attached hydrogens (tertiary/aromatic N) is 5. The summed E-state index contributed by atoms with van der Waals surface area (Å²) in [5.41, 5.74) is 7.98. The van der Waals surface area contributed by atoms with E-state index in [2.05, 4.69) is 25.1 Å². The molecule has 0 amide bonds. The van der Waals surface area contributed by atoms with E-state index in [1.807, 2.05) is 0 Å². The summed E-state index contributed by atoms with van der Waals surface area (Å²) >= 11 is 0. The molecule has 0 radical (unpaired) electrons. The maximum atomic E-state index is 12.7. The lowest BCUT2D eigenvalue weighted by Crippen LogP contribution is -2.38. The van der Waals surface area contributed by atoms with Gasteiger partial charge in [0, 0.05) is 41.3 Å². The molecule has 282 valence electrons. The smallest absolute Gasteiger partial charge is 0.403 e. The lowest BCUT2D eigenvalue weighted by molar-refractivity contribution is -0.142. The number of hydrogen-bond acceptors (Lipinski definition) is 13. The number of carbonyl (C=O) groups excluding carboxylic acids is 1. The number of aliphatic hydroxyl groups is 2. The van der Waals surface area contributed by atoms with Gasteiger partial charge in [-0.1, -0.05) is 35.4 Å². The van der Waals surface area contributed by atoms with Crippen molar-refractivity contribution < 1.29 is 43.2 Å². The Kier molecular flexibility index (Phi) is 13.6. The summed E-state index contributed by atoms with van der Waals surface area (Å²) in [6.07, 6.45) is -1.03. The Labute approximate surface area is 294 Å². The highest BCUT2D eigenvalue weighted by Crippen LogP contribution is 2.40. The van der Waals surface area contributed by atoms with Crippen molar-refractivity contribution in [1.29, 1.82) is 0 Å². The number of benzene rings is 1. The van der Waals surface area contributed by atoms with Gasteiger partial charge in [0.15, 0.2) is 0 Å². The van der Waals surface area contributed by atoms with Gasteiger partial charge in [0.25, 0.3) is 11.1 Å². The molecule has 22 heteroatoms. The summed E-state index contributed by atoms with van der Waals surface area (Å²) in [5.74, 6) is -0.760. The Hall–Kier alpha value is -4.69.